The molecule has 2 aliphatic heterocycles. The highest BCUT2D eigenvalue weighted by Gasteiger charge is 2.41. The Morgan fingerprint density at radius 1 is 0.645 bits per heavy atom. The molecule has 0 N–H and O–H groups in total. The lowest BCUT2D eigenvalue weighted by Crippen LogP contribution is -2.39. The zero-order valence-corrected chi connectivity index (χ0v) is 20.9. The first-order valence-electron chi connectivity index (χ1n) is 13.5. The van der Waals surface area contributed by atoms with Crippen molar-refractivity contribution in [2.75, 3.05) is 26.4 Å². The van der Waals surface area contributed by atoms with Crippen LogP contribution in [0.3, 0.4) is 0 Å². The summed E-state index contributed by atoms with van der Waals surface area (Å²) >= 11 is 0. The van der Waals surface area contributed by atoms with E-state index in [0.717, 1.165) is 38.3 Å². The van der Waals surface area contributed by atoms with Gasteiger partial charge in [-0.3, -0.25) is 0 Å². The Kier molecular flexibility index (Phi) is 10.6. The van der Waals surface area contributed by atoms with Crippen molar-refractivity contribution in [2.24, 2.45) is 17.3 Å². The maximum absolute atomic E-state index is 6.03. The molecule has 4 fully saturated rings. The van der Waals surface area contributed by atoms with Crippen molar-refractivity contribution in [2.45, 2.75) is 129 Å². The van der Waals surface area contributed by atoms with E-state index in [1.165, 1.54) is 77.0 Å². The minimum atomic E-state index is 0.401. The molecule has 0 radical (unpaired) electrons. The van der Waals surface area contributed by atoms with E-state index in [9.17, 15) is 0 Å². The van der Waals surface area contributed by atoms with Crippen LogP contribution in [0, 0.1) is 17.3 Å². The summed E-state index contributed by atoms with van der Waals surface area (Å²) in [6, 6.07) is 0. The Balaban J connectivity index is 0.000000401. The number of unbranched alkanes of at least 4 members (excludes halogenated alkanes) is 3. The van der Waals surface area contributed by atoms with Crippen molar-refractivity contribution in [1.29, 1.82) is 0 Å². The van der Waals surface area contributed by atoms with Crippen LogP contribution in [0.15, 0.2) is 0 Å². The van der Waals surface area contributed by atoms with Gasteiger partial charge in [-0.05, 0) is 68.6 Å². The molecule has 0 aromatic rings. The largest absolute Gasteiger partial charge is 0.375 e. The second kappa shape index (κ2) is 12.9. The van der Waals surface area contributed by atoms with Gasteiger partial charge < -0.3 is 18.9 Å². The summed E-state index contributed by atoms with van der Waals surface area (Å²) in [7, 11) is 0. The second-order valence-corrected chi connectivity index (χ2v) is 11.1. The van der Waals surface area contributed by atoms with Crippen LogP contribution in [0.4, 0.5) is 0 Å². The molecule has 4 aliphatic rings. The third-order valence-electron chi connectivity index (χ3n) is 8.25. The van der Waals surface area contributed by atoms with E-state index >= 15 is 0 Å². The topological polar surface area (TPSA) is 43.5 Å². The number of hydrogen-bond donors (Lipinski definition) is 0. The number of rotatable bonds is 11. The van der Waals surface area contributed by atoms with E-state index < -0.39 is 0 Å². The van der Waals surface area contributed by atoms with E-state index in [-0.39, 0.29) is 0 Å². The Morgan fingerprint density at radius 2 is 1.00 bits per heavy atom. The molecule has 2 saturated carbocycles. The standard InChI is InChI=1S/C21H36O4.C6H14/c1-21(2,15-3-7-17(8-4-15)22-11-19-13-24-19)16-5-9-18(10-6-16)23-12-20-14-25-20;1-3-5-6-4-2/h15-20H,3-14H2,1-2H3;3-6H2,1-2H3. The lowest BCUT2D eigenvalue weighted by atomic mass is 9.60. The molecule has 0 aromatic heterocycles. The lowest BCUT2D eigenvalue weighted by Gasteiger charge is -2.46. The van der Waals surface area contributed by atoms with Crippen LogP contribution in [0.5, 0.6) is 0 Å². The fourth-order valence-electron chi connectivity index (χ4n) is 5.60. The predicted octanol–water partition coefficient (Wildman–Crippen LogP) is 6.55. The molecule has 2 atom stereocenters. The molecule has 182 valence electrons. The summed E-state index contributed by atoms with van der Waals surface area (Å²) in [6.07, 6.45) is 17.6. The molecular weight excluding hydrogens is 388 g/mol. The van der Waals surface area contributed by atoms with E-state index in [0.29, 0.717) is 29.8 Å². The van der Waals surface area contributed by atoms with Crippen molar-refractivity contribution in [3.63, 3.8) is 0 Å². The molecule has 0 aromatic carbocycles. The van der Waals surface area contributed by atoms with Gasteiger partial charge in [0, 0.05) is 0 Å². The van der Waals surface area contributed by atoms with Gasteiger partial charge in [-0.1, -0.05) is 53.4 Å². The molecule has 31 heavy (non-hydrogen) atoms. The van der Waals surface area contributed by atoms with Gasteiger partial charge in [-0.25, -0.2) is 0 Å². The van der Waals surface area contributed by atoms with Gasteiger partial charge in [0.1, 0.15) is 12.2 Å². The summed E-state index contributed by atoms with van der Waals surface area (Å²) < 4.78 is 22.6. The Hall–Kier alpha value is -0.160. The van der Waals surface area contributed by atoms with Crippen molar-refractivity contribution < 1.29 is 18.9 Å². The summed E-state index contributed by atoms with van der Waals surface area (Å²) in [6.45, 7) is 13.0. The van der Waals surface area contributed by atoms with Crippen molar-refractivity contribution in [3.8, 4) is 0 Å². The predicted molar refractivity (Wildman–Crippen MR) is 126 cm³/mol. The number of epoxide rings is 2. The zero-order valence-electron chi connectivity index (χ0n) is 20.9. The Labute approximate surface area is 192 Å². The maximum Gasteiger partial charge on any atom is 0.104 e. The molecule has 4 heteroatoms. The summed E-state index contributed by atoms with van der Waals surface area (Å²) in [5.74, 6) is 1.71. The minimum Gasteiger partial charge on any atom is -0.375 e. The highest BCUT2D eigenvalue weighted by atomic mass is 16.6. The van der Waals surface area contributed by atoms with Gasteiger partial charge >= 0.3 is 0 Å². The van der Waals surface area contributed by atoms with Crippen LogP contribution in [0.2, 0.25) is 0 Å². The fraction of sp³-hybridized carbons (Fsp3) is 1.00. The molecule has 0 spiro atoms. The molecule has 0 amide bonds. The van der Waals surface area contributed by atoms with Crippen LogP contribution in [-0.2, 0) is 18.9 Å². The fourth-order valence-corrected chi connectivity index (χ4v) is 5.60. The van der Waals surface area contributed by atoms with Crippen molar-refractivity contribution >= 4 is 0 Å². The maximum atomic E-state index is 6.03. The van der Waals surface area contributed by atoms with Crippen LogP contribution in [0.25, 0.3) is 0 Å². The average Bonchev–Trinajstić information content (AvgIpc) is 3.71. The molecule has 4 rings (SSSR count). The van der Waals surface area contributed by atoms with Gasteiger partial charge in [-0.15, -0.1) is 0 Å². The first-order chi connectivity index (χ1) is 15.0. The smallest absolute Gasteiger partial charge is 0.104 e. The van der Waals surface area contributed by atoms with Gasteiger partial charge in [0.2, 0.25) is 0 Å². The molecular formula is C27H50O4. The minimum absolute atomic E-state index is 0.401. The Morgan fingerprint density at radius 3 is 1.29 bits per heavy atom. The van der Waals surface area contributed by atoms with Gasteiger partial charge in [0.25, 0.3) is 0 Å². The van der Waals surface area contributed by atoms with Gasteiger partial charge in [0.05, 0.1) is 38.6 Å². The van der Waals surface area contributed by atoms with Crippen molar-refractivity contribution in [1.82, 2.24) is 0 Å². The van der Waals surface area contributed by atoms with Crippen LogP contribution < -0.4 is 0 Å². The number of ether oxygens (including phenoxy) is 4. The lowest BCUT2D eigenvalue weighted by molar-refractivity contribution is -0.0387. The monoisotopic (exact) mass is 438 g/mol. The summed E-state index contributed by atoms with van der Waals surface area (Å²) in [4.78, 5) is 0. The molecule has 2 unspecified atom stereocenters. The number of hydrogen-bond acceptors (Lipinski definition) is 4. The second-order valence-electron chi connectivity index (χ2n) is 11.1. The van der Waals surface area contributed by atoms with Gasteiger partial charge in [0.15, 0.2) is 0 Å². The zero-order chi connectivity index (χ0) is 22.1. The first kappa shape index (κ1) is 25.5. The van der Waals surface area contributed by atoms with E-state index in [2.05, 4.69) is 27.7 Å². The summed E-state index contributed by atoms with van der Waals surface area (Å²) in [5.41, 5.74) is 0.454. The van der Waals surface area contributed by atoms with E-state index in [1.54, 1.807) is 0 Å². The average molecular weight is 439 g/mol. The third-order valence-corrected chi connectivity index (χ3v) is 8.25. The molecule has 0 bridgehead atoms. The first-order valence-corrected chi connectivity index (χ1v) is 13.5. The molecule has 2 heterocycles. The molecule has 2 aliphatic carbocycles. The molecule has 4 nitrogen and oxygen atoms in total. The highest BCUT2D eigenvalue weighted by molar-refractivity contribution is 4.91. The van der Waals surface area contributed by atoms with Crippen LogP contribution >= 0.6 is 0 Å². The molecule has 2 saturated heterocycles. The van der Waals surface area contributed by atoms with Gasteiger partial charge in [-0.2, -0.15) is 0 Å². The quantitative estimate of drug-likeness (QED) is 0.271. The van der Waals surface area contributed by atoms with Crippen molar-refractivity contribution in [3.05, 3.63) is 0 Å². The normalized spacial score (nSPS) is 35.2. The Bertz CT molecular complexity index is 428. The van der Waals surface area contributed by atoms with E-state index in [4.69, 9.17) is 18.9 Å². The van der Waals surface area contributed by atoms with Crippen LogP contribution in [0.1, 0.15) is 105 Å². The van der Waals surface area contributed by atoms with Crippen LogP contribution in [-0.4, -0.2) is 50.8 Å². The summed E-state index contributed by atoms with van der Waals surface area (Å²) in [5, 5.41) is 0. The third kappa shape index (κ3) is 8.95. The van der Waals surface area contributed by atoms with E-state index in [1.807, 2.05) is 0 Å². The SMILES string of the molecule is CC(C)(C1CCC(OCC2CO2)CC1)C1CCC(OCC2CO2)CC1.CCCCCC. The highest BCUT2D eigenvalue weighted by Crippen LogP contribution is 2.49.